The largest absolute Gasteiger partial charge is 0.341 e. The highest BCUT2D eigenvalue weighted by molar-refractivity contribution is 5.76. The first-order chi connectivity index (χ1) is 5.20. The summed E-state index contributed by atoms with van der Waals surface area (Å²) in [6, 6.07) is -0.664. The SMILES string of the molecule is CNC(=O)NCNC(=O)NC. The van der Waals surface area contributed by atoms with Gasteiger partial charge in [0.15, 0.2) is 0 Å². The predicted octanol–water partition coefficient (Wildman–Crippen LogP) is -1.20. The van der Waals surface area contributed by atoms with Crippen molar-refractivity contribution in [3.05, 3.63) is 0 Å². The predicted molar refractivity (Wildman–Crippen MR) is 40.0 cm³/mol. The number of rotatable bonds is 2. The molecule has 4 amide bonds. The molecule has 0 aromatic heterocycles. The molecular formula is C5H12N4O2. The van der Waals surface area contributed by atoms with Crippen LogP contribution in [0.15, 0.2) is 0 Å². The van der Waals surface area contributed by atoms with Crippen molar-refractivity contribution in [1.82, 2.24) is 21.3 Å². The summed E-state index contributed by atoms with van der Waals surface area (Å²) in [5.41, 5.74) is 0. The van der Waals surface area contributed by atoms with E-state index < -0.39 is 0 Å². The Morgan fingerprint density at radius 2 is 1.36 bits per heavy atom. The molecule has 0 saturated heterocycles. The molecule has 64 valence electrons. The Bertz CT molecular complexity index is 131. The average Bonchev–Trinajstić information content (AvgIpc) is 2.04. The first-order valence-corrected chi connectivity index (χ1v) is 3.12. The third-order valence-electron chi connectivity index (χ3n) is 0.952. The van der Waals surface area contributed by atoms with Crippen LogP contribution in [-0.4, -0.2) is 32.8 Å². The molecule has 0 unspecified atom stereocenters. The van der Waals surface area contributed by atoms with Crippen molar-refractivity contribution >= 4 is 12.1 Å². The standard InChI is InChI=1S/C5H12N4O2/c1-6-4(10)8-3-9-5(11)7-2/h3H2,1-2H3,(H2,6,8,10)(H2,7,9,11). The summed E-state index contributed by atoms with van der Waals surface area (Å²) in [6.45, 7) is 0.110. The van der Waals surface area contributed by atoms with Gasteiger partial charge in [-0.2, -0.15) is 0 Å². The molecule has 6 heteroatoms. The molecule has 0 rings (SSSR count). The summed E-state index contributed by atoms with van der Waals surface area (Å²) < 4.78 is 0. The van der Waals surface area contributed by atoms with Crippen LogP contribution < -0.4 is 21.3 Å². The molecule has 11 heavy (non-hydrogen) atoms. The number of hydrogen-bond acceptors (Lipinski definition) is 2. The Kier molecular flexibility index (Phi) is 4.63. The van der Waals surface area contributed by atoms with Gasteiger partial charge in [-0.1, -0.05) is 0 Å². The third kappa shape index (κ3) is 5.01. The highest BCUT2D eigenvalue weighted by atomic mass is 16.2. The quantitative estimate of drug-likeness (QED) is 0.383. The van der Waals surface area contributed by atoms with E-state index in [1.807, 2.05) is 0 Å². The minimum Gasteiger partial charge on any atom is -0.341 e. The Morgan fingerprint density at radius 1 is 1.00 bits per heavy atom. The molecule has 0 atom stereocenters. The molecule has 0 saturated carbocycles. The lowest BCUT2D eigenvalue weighted by Gasteiger charge is -2.05. The molecule has 4 N–H and O–H groups in total. The van der Waals surface area contributed by atoms with Crippen molar-refractivity contribution in [2.24, 2.45) is 0 Å². The van der Waals surface area contributed by atoms with E-state index in [1.54, 1.807) is 0 Å². The molecule has 6 nitrogen and oxygen atoms in total. The van der Waals surface area contributed by atoms with Crippen molar-refractivity contribution in [2.75, 3.05) is 20.8 Å². The van der Waals surface area contributed by atoms with Gasteiger partial charge in [0.2, 0.25) is 0 Å². The molecule has 0 aliphatic carbocycles. The average molecular weight is 160 g/mol. The number of nitrogens with one attached hydrogen (secondary N) is 4. The lowest BCUT2D eigenvalue weighted by Crippen LogP contribution is -2.43. The second kappa shape index (κ2) is 5.33. The van der Waals surface area contributed by atoms with E-state index in [-0.39, 0.29) is 18.7 Å². The number of carbonyl (C=O) groups excluding carboxylic acids is 2. The number of hydrogen-bond donors (Lipinski definition) is 4. The normalized spacial score (nSPS) is 8.18. The fourth-order valence-electron chi connectivity index (χ4n) is 0.382. The Morgan fingerprint density at radius 3 is 1.64 bits per heavy atom. The minimum atomic E-state index is -0.332. The van der Waals surface area contributed by atoms with Crippen LogP contribution in [-0.2, 0) is 0 Å². The Balaban J connectivity index is 3.27. The van der Waals surface area contributed by atoms with E-state index in [2.05, 4.69) is 21.3 Å². The maximum atomic E-state index is 10.5. The first-order valence-electron chi connectivity index (χ1n) is 3.12. The zero-order valence-electron chi connectivity index (χ0n) is 6.52. The monoisotopic (exact) mass is 160 g/mol. The fourth-order valence-corrected chi connectivity index (χ4v) is 0.382. The zero-order valence-corrected chi connectivity index (χ0v) is 6.52. The molecule has 0 spiro atoms. The van der Waals surface area contributed by atoms with Crippen molar-refractivity contribution in [1.29, 1.82) is 0 Å². The number of urea groups is 2. The molecule has 0 aromatic rings. The van der Waals surface area contributed by atoms with Crippen LogP contribution in [0.25, 0.3) is 0 Å². The van der Waals surface area contributed by atoms with Gasteiger partial charge in [-0.05, 0) is 0 Å². The van der Waals surface area contributed by atoms with Crippen LogP contribution in [0.3, 0.4) is 0 Å². The number of amides is 4. The van der Waals surface area contributed by atoms with Gasteiger partial charge in [0.25, 0.3) is 0 Å². The maximum Gasteiger partial charge on any atom is 0.315 e. The van der Waals surface area contributed by atoms with Gasteiger partial charge < -0.3 is 21.3 Å². The maximum absolute atomic E-state index is 10.5. The van der Waals surface area contributed by atoms with Crippen molar-refractivity contribution < 1.29 is 9.59 Å². The second-order valence-corrected chi connectivity index (χ2v) is 1.69. The Labute approximate surface area is 64.7 Å². The third-order valence-corrected chi connectivity index (χ3v) is 0.952. The van der Waals surface area contributed by atoms with Crippen LogP contribution in [0.5, 0.6) is 0 Å². The zero-order chi connectivity index (χ0) is 8.69. The van der Waals surface area contributed by atoms with Gasteiger partial charge in [0.1, 0.15) is 0 Å². The molecule has 0 bridgehead atoms. The van der Waals surface area contributed by atoms with E-state index in [4.69, 9.17) is 0 Å². The van der Waals surface area contributed by atoms with Gasteiger partial charge >= 0.3 is 12.1 Å². The summed E-state index contributed by atoms with van der Waals surface area (Å²) in [5, 5.41) is 9.42. The van der Waals surface area contributed by atoms with Crippen LogP contribution in [0.2, 0.25) is 0 Å². The molecule has 0 radical (unpaired) electrons. The van der Waals surface area contributed by atoms with E-state index in [1.165, 1.54) is 14.1 Å². The van der Waals surface area contributed by atoms with Gasteiger partial charge in [-0.3, -0.25) is 0 Å². The molecule has 0 heterocycles. The molecule has 0 aromatic carbocycles. The summed E-state index contributed by atoms with van der Waals surface area (Å²) in [5.74, 6) is 0. The molecule has 0 aliphatic heterocycles. The smallest absolute Gasteiger partial charge is 0.315 e. The molecule has 0 fully saturated rings. The van der Waals surface area contributed by atoms with Crippen molar-refractivity contribution in [3.8, 4) is 0 Å². The van der Waals surface area contributed by atoms with Gasteiger partial charge in [0, 0.05) is 14.1 Å². The highest BCUT2D eigenvalue weighted by Gasteiger charge is 1.95. The van der Waals surface area contributed by atoms with Crippen molar-refractivity contribution in [3.63, 3.8) is 0 Å². The summed E-state index contributed by atoms with van der Waals surface area (Å²) >= 11 is 0. The first kappa shape index (κ1) is 9.54. The van der Waals surface area contributed by atoms with E-state index >= 15 is 0 Å². The van der Waals surface area contributed by atoms with Gasteiger partial charge in [-0.25, -0.2) is 9.59 Å². The van der Waals surface area contributed by atoms with Gasteiger partial charge in [-0.15, -0.1) is 0 Å². The second-order valence-electron chi connectivity index (χ2n) is 1.69. The fraction of sp³-hybridized carbons (Fsp3) is 0.600. The van der Waals surface area contributed by atoms with Crippen LogP contribution >= 0.6 is 0 Å². The molecule has 0 aliphatic rings. The Hall–Kier alpha value is -1.46. The van der Waals surface area contributed by atoms with E-state index in [9.17, 15) is 9.59 Å². The summed E-state index contributed by atoms with van der Waals surface area (Å²) in [7, 11) is 2.99. The lowest BCUT2D eigenvalue weighted by molar-refractivity contribution is 0.236. The highest BCUT2D eigenvalue weighted by Crippen LogP contribution is 1.60. The topological polar surface area (TPSA) is 82.3 Å². The number of carbonyl (C=O) groups is 2. The van der Waals surface area contributed by atoms with E-state index in [0.717, 1.165) is 0 Å². The summed E-state index contributed by atoms with van der Waals surface area (Å²) in [6.07, 6.45) is 0. The van der Waals surface area contributed by atoms with E-state index in [0.29, 0.717) is 0 Å². The minimum absolute atomic E-state index is 0.110. The van der Waals surface area contributed by atoms with Crippen LogP contribution in [0, 0.1) is 0 Å². The van der Waals surface area contributed by atoms with Crippen molar-refractivity contribution in [2.45, 2.75) is 0 Å². The molecular weight excluding hydrogens is 148 g/mol. The van der Waals surface area contributed by atoms with Gasteiger partial charge in [0.05, 0.1) is 6.67 Å². The lowest BCUT2D eigenvalue weighted by atomic mass is 10.8. The van der Waals surface area contributed by atoms with Crippen LogP contribution in [0.1, 0.15) is 0 Å². The summed E-state index contributed by atoms with van der Waals surface area (Å²) in [4.78, 5) is 21.0. The van der Waals surface area contributed by atoms with Crippen LogP contribution in [0.4, 0.5) is 9.59 Å².